The van der Waals surface area contributed by atoms with Crippen LogP contribution in [0.4, 0.5) is 4.79 Å². The van der Waals surface area contributed by atoms with Gasteiger partial charge in [-0.2, -0.15) is 0 Å². The lowest BCUT2D eigenvalue weighted by Gasteiger charge is -2.13. The summed E-state index contributed by atoms with van der Waals surface area (Å²) in [4.78, 5) is 10.3. The van der Waals surface area contributed by atoms with Crippen LogP contribution in [0.1, 0.15) is 26.2 Å². The first-order valence-corrected chi connectivity index (χ1v) is 3.77. The first kappa shape index (κ1) is 10.2. The quantitative estimate of drug-likeness (QED) is 0.621. The van der Waals surface area contributed by atoms with Gasteiger partial charge in [-0.25, -0.2) is 4.79 Å². The zero-order chi connectivity index (χ0) is 8.69. The van der Waals surface area contributed by atoms with Crippen LogP contribution >= 0.6 is 0 Å². The predicted molar refractivity (Wildman–Crippen MR) is 41.1 cm³/mol. The van der Waals surface area contributed by atoms with Gasteiger partial charge in [0, 0.05) is 13.0 Å². The molecule has 0 bridgehead atoms. The lowest BCUT2D eigenvalue weighted by atomic mass is 10.1. The van der Waals surface area contributed by atoms with Crippen molar-refractivity contribution >= 4 is 6.09 Å². The molecular formula is C7H15NO3. The molecular weight excluding hydrogens is 146 g/mol. The van der Waals surface area contributed by atoms with Crippen molar-refractivity contribution in [1.29, 1.82) is 0 Å². The van der Waals surface area contributed by atoms with E-state index in [0.717, 1.165) is 12.8 Å². The monoisotopic (exact) mass is 161 g/mol. The average Bonchev–Trinajstić information content (AvgIpc) is 1.87. The van der Waals surface area contributed by atoms with Crippen LogP contribution in [-0.2, 0) is 4.74 Å². The Morgan fingerprint density at radius 3 is 2.64 bits per heavy atom. The molecule has 0 aliphatic heterocycles. The maximum absolute atomic E-state index is 10.3. The van der Waals surface area contributed by atoms with E-state index in [9.17, 15) is 4.79 Å². The summed E-state index contributed by atoms with van der Waals surface area (Å²) in [5.74, 6) is 0. The van der Waals surface area contributed by atoms with E-state index < -0.39 is 6.09 Å². The smallest absolute Gasteiger partial charge is 0.404 e. The molecule has 4 nitrogen and oxygen atoms in total. The van der Waals surface area contributed by atoms with Crippen molar-refractivity contribution in [3.63, 3.8) is 0 Å². The largest absolute Gasteiger partial charge is 0.446 e. The number of aliphatic hydroxyl groups is 1. The normalized spacial score (nSPS) is 12.5. The minimum Gasteiger partial charge on any atom is -0.446 e. The van der Waals surface area contributed by atoms with Gasteiger partial charge in [0.2, 0.25) is 0 Å². The lowest BCUT2D eigenvalue weighted by molar-refractivity contribution is 0.0822. The highest BCUT2D eigenvalue weighted by Gasteiger charge is 2.09. The molecule has 0 fully saturated rings. The van der Waals surface area contributed by atoms with E-state index in [0.29, 0.717) is 6.42 Å². The molecule has 0 radical (unpaired) electrons. The zero-order valence-corrected chi connectivity index (χ0v) is 6.75. The van der Waals surface area contributed by atoms with Crippen LogP contribution < -0.4 is 5.73 Å². The summed E-state index contributed by atoms with van der Waals surface area (Å²) in [5, 5.41) is 8.54. The Hall–Kier alpha value is -0.770. The molecule has 3 N–H and O–H groups in total. The van der Waals surface area contributed by atoms with Gasteiger partial charge in [-0.05, 0) is 6.42 Å². The molecule has 0 spiro atoms. The Morgan fingerprint density at radius 1 is 1.64 bits per heavy atom. The van der Waals surface area contributed by atoms with Gasteiger partial charge in [0.25, 0.3) is 0 Å². The number of aliphatic hydroxyl groups excluding tert-OH is 1. The van der Waals surface area contributed by atoms with E-state index in [1.165, 1.54) is 0 Å². The molecule has 0 saturated carbocycles. The molecule has 0 rings (SSSR count). The van der Waals surface area contributed by atoms with Crippen LogP contribution in [0, 0.1) is 0 Å². The molecule has 1 amide bonds. The van der Waals surface area contributed by atoms with Crippen molar-refractivity contribution in [3.8, 4) is 0 Å². The van der Waals surface area contributed by atoms with Gasteiger partial charge in [-0.3, -0.25) is 0 Å². The number of carbonyl (C=O) groups excluding carboxylic acids is 1. The SMILES string of the molecule is CCCC(CCO)OC(N)=O. The standard InChI is InChI=1S/C7H15NO3/c1-2-3-6(4-5-9)11-7(8)10/h6,9H,2-5H2,1H3,(H2,8,10). The van der Waals surface area contributed by atoms with E-state index in [1.54, 1.807) is 0 Å². The Labute approximate surface area is 66.3 Å². The van der Waals surface area contributed by atoms with Crippen molar-refractivity contribution in [2.45, 2.75) is 32.3 Å². The fraction of sp³-hybridized carbons (Fsp3) is 0.857. The van der Waals surface area contributed by atoms with Crippen LogP contribution in [-0.4, -0.2) is 23.9 Å². The zero-order valence-electron chi connectivity index (χ0n) is 6.75. The topological polar surface area (TPSA) is 72.6 Å². The number of nitrogens with two attached hydrogens (primary N) is 1. The molecule has 0 heterocycles. The van der Waals surface area contributed by atoms with E-state index >= 15 is 0 Å². The molecule has 0 aliphatic carbocycles. The third-order valence-electron chi connectivity index (χ3n) is 1.34. The Morgan fingerprint density at radius 2 is 2.27 bits per heavy atom. The highest BCUT2D eigenvalue weighted by atomic mass is 16.6. The number of ether oxygens (including phenoxy) is 1. The maximum Gasteiger partial charge on any atom is 0.404 e. The molecule has 0 aromatic heterocycles. The van der Waals surface area contributed by atoms with E-state index in [-0.39, 0.29) is 12.7 Å². The van der Waals surface area contributed by atoms with Gasteiger partial charge in [-0.15, -0.1) is 0 Å². The van der Waals surface area contributed by atoms with Gasteiger partial charge in [0.15, 0.2) is 0 Å². The summed E-state index contributed by atoms with van der Waals surface area (Å²) in [6, 6.07) is 0. The number of hydrogen-bond donors (Lipinski definition) is 2. The summed E-state index contributed by atoms with van der Waals surface area (Å²) in [6.07, 6.45) is 1.15. The molecule has 0 saturated heterocycles. The van der Waals surface area contributed by atoms with E-state index in [2.05, 4.69) is 0 Å². The second-order valence-corrected chi connectivity index (χ2v) is 2.36. The van der Waals surface area contributed by atoms with Crippen LogP contribution in [0.5, 0.6) is 0 Å². The third-order valence-corrected chi connectivity index (χ3v) is 1.34. The minimum absolute atomic E-state index is 0.0257. The summed E-state index contributed by atoms with van der Waals surface area (Å²) >= 11 is 0. The fourth-order valence-corrected chi connectivity index (χ4v) is 0.892. The van der Waals surface area contributed by atoms with Gasteiger partial charge >= 0.3 is 6.09 Å². The number of rotatable bonds is 5. The van der Waals surface area contributed by atoms with Crippen molar-refractivity contribution < 1.29 is 14.6 Å². The van der Waals surface area contributed by atoms with Crippen molar-refractivity contribution in [2.75, 3.05) is 6.61 Å². The van der Waals surface area contributed by atoms with Gasteiger partial charge in [-0.1, -0.05) is 13.3 Å². The summed E-state index contributed by atoms with van der Waals surface area (Å²) in [7, 11) is 0. The van der Waals surface area contributed by atoms with E-state index in [1.807, 2.05) is 6.92 Å². The van der Waals surface area contributed by atoms with Crippen molar-refractivity contribution in [2.24, 2.45) is 5.73 Å². The summed E-state index contributed by atoms with van der Waals surface area (Å²) in [6.45, 7) is 2.01. The predicted octanol–water partition coefficient (Wildman–Crippen LogP) is 0.633. The van der Waals surface area contributed by atoms with Gasteiger partial charge < -0.3 is 15.6 Å². The van der Waals surface area contributed by atoms with Crippen LogP contribution in [0.15, 0.2) is 0 Å². The minimum atomic E-state index is -0.767. The number of primary amides is 1. The first-order chi connectivity index (χ1) is 5.20. The second-order valence-electron chi connectivity index (χ2n) is 2.36. The lowest BCUT2D eigenvalue weighted by Crippen LogP contribution is -2.23. The van der Waals surface area contributed by atoms with Crippen LogP contribution in [0.3, 0.4) is 0 Å². The van der Waals surface area contributed by atoms with Gasteiger partial charge in [0.1, 0.15) is 6.10 Å². The molecule has 4 heteroatoms. The fourth-order valence-electron chi connectivity index (χ4n) is 0.892. The Bertz CT molecular complexity index is 110. The molecule has 0 aromatic rings. The average molecular weight is 161 g/mol. The molecule has 66 valence electrons. The summed E-state index contributed by atoms with van der Waals surface area (Å²) < 4.78 is 4.71. The maximum atomic E-state index is 10.3. The molecule has 1 atom stereocenters. The van der Waals surface area contributed by atoms with Crippen molar-refractivity contribution in [3.05, 3.63) is 0 Å². The number of hydrogen-bond acceptors (Lipinski definition) is 3. The molecule has 0 aromatic carbocycles. The van der Waals surface area contributed by atoms with Gasteiger partial charge in [0.05, 0.1) is 0 Å². The highest BCUT2D eigenvalue weighted by Crippen LogP contribution is 2.05. The van der Waals surface area contributed by atoms with Crippen LogP contribution in [0.25, 0.3) is 0 Å². The molecule has 11 heavy (non-hydrogen) atoms. The number of amides is 1. The van der Waals surface area contributed by atoms with Crippen molar-refractivity contribution in [1.82, 2.24) is 0 Å². The Balaban J connectivity index is 3.59. The molecule has 1 unspecified atom stereocenters. The third kappa shape index (κ3) is 5.66. The first-order valence-electron chi connectivity index (χ1n) is 3.77. The van der Waals surface area contributed by atoms with Crippen LogP contribution in [0.2, 0.25) is 0 Å². The summed E-state index contributed by atoms with van der Waals surface area (Å²) in [5.41, 5.74) is 4.81. The highest BCUT2D eigenvalue weighted by molar-refractivity contribution is 5.64. The number of carbonyl (C=O) groups is 1. The van der Waals surface area contributed by atoms with E-state index in [4.69, 9.17) is 15.6 Å². The molecule has 0 aliphatic rings. The second kappa shape index (κ2) is 5.97. The Kier molecular flexibility index (Phi) is 5.56.